The smallest absolute Gasteiger partial charge is 0.253 e. The topological polar surface area (TPSA) is 66.6 Å². The first-order chi connectivity index (χ1) is 10.9. The molecule has 2 amide bonds. The minimum atomic E-state index is -0.182. The highest BCUT2D eigenvalue weighted by Gasteiger charge is 2.28. The van der Waals surface area contributed by atoms with Gasteiger partial charge in [-0.15, -0.1) is 0 Å². The molecule has 126 valence electrons. The van der Waals surface area contributed by atoms with Gasteiger partial charge >= 0.3 is 0 Å². The first-order valence-corrected chi connectivity index (χ1v) is 8.36. The molecule has 0 aliphatic carbocycles. The fourth-order valence-electron chi connectivity index (χ4n) is 2.71. The van der Waals surface area contributed by atoms with E-state index in [2.05, 4.69) is 6.92 Å². The summed E-state index contributed by atoms with van der Waals surface area (Å²) in [6.45, 7) is 8.11. The van der Waals surface area contributed by atoms with Crippen molar-refractivity contribution in [2.45, 2.75) is 33.2 Å². The van der Waals surface area contributed by atoms with Gasteiger partial charge in [-0.3, -0.25) is 9.59 Å². The van der Waals surface area contributed by atoms with Crippen LogP contribution in [0.1, 0.15) is 36.7 Å². The molecular weight excluding hydrogens is 290 g/mol. The predicted molar refractivity (Wildman–Crippen MR) is 91.1 cm³/mol. The van der Waals surface area contributed by atoms with E-state index >= 15 is 0 Å². The zero-order valence-corrected chi connectivity index (χ0v) is 14.3. The van der Waals surface area contributed by atoms with Crippen LogP contribution >= 0.6 is 0 Å². The summed E-state index contributed by atoms with van der Waals surface area (Å²) in [5.74, 6) is -0.0572. The van der Waals surface area contributed by atoms with E-state index in [0.29, 0.717) is 31.7 Å². The third-order valence-electron chi connectivity index (χ3n) is 4.67. The molecule has 2 N–H and O–H groups in total. The van der Waals surface area contributed by atoms with Crippen LogP contribution in [0, 0.1) is 5.92 Å². The lowest BCUT2D eigenvalue weighted by Crippen LogP contribution is -2.53. The molecule has 1 aromatic rings. The van der Waals surface area contributed by atoms with Crippen molar-refractivity contribution in [3.8, 4) is 0 Å². The van der Waals surface area contributed by atoms with E-state index in [0.717, 1.165) is 6.42 Å². The van der Waals surface area contributed by atoms with E-state index in [1.165, 1.54) is 5.56 Å². The third-order valence-corrected chi connectivity index (χ3v) is 4.67. The van der Waals surface area contributed by atoms with Gasteiger partial charge in [0.15, 0.2) is 0 Å². The summed E-state index contributed by atoms with van der Waals surface area (Å²) in [7, 11) is 0. The van der Waals surface area contributed by atoms with Crippen molar-refractivity contribution < 1.29 is 9.59 Å². The Morgan fingerprint density at radius 3 is 2.04 bits per heavy atom. The van der Waals surface area contributed by atoms with Crippen LogP contribution in [0.5, 0.6) is 0 Å². The van der Waals surface area contributed by atoms with E-state index in [-0.39, 0.29) is 23.8 Å². The highest BCUT2D eigenvalue weighted by atomic mass is 16.2. The Kier molecular flexibility index (Phi) is 5.77. The number of benzene rings is 1. The van der Waals surface area contributed by atoms with E-state index in [9.17, 15) is 9.59 Å². The molecule has 2 atom stereocenters. The Morgan fingerprint density at radius 1 is 1.04 bits per heavy atom. The monoisotopic (exact) mass is 317 g/mol. The highest BCUT2D eigenvalue weighted by molar-refractivity contribution is 5.94. The Bertz CT molecular complexity index is 546. The molecule has 1 saturated heterocycles. The molecule has 5 nitrogen and oxygen atoms in total. The second-order valence-electron chi connectivity index (χ2n) is 6.32. The molecule has 2 rings (SSSR count). The standard InChI is InChI=1S/C18H27N3O2/c1-4-15-5-7-16(8-6-15)18(23)21-11-9-20(10-12-21)17(22)13(2)14(3)19/h5-8,13-14H,4,9-12,19H2,1-3H3. The number of nitrogens with two attached hydrogens (primary N) is 1. The lowest BCUT2D eigenvalue weighted by atomic mass is 10.0. The van der Waals surface area contributed by atoms with Gasteiger partial charge in [-0.1, -0.05) is 26.0 Å². The summed E-state index contributed by atoms with van der Waals surface area (Å²) in [6.07, 6.45) is 0.965. The average molecular weight is 317 g/mol. The van der Waals surface area contributed by atoms with Gasteiger partial charge in [0.25, 0.3) is 5.91 Å². The molecule has 1 aromatic carbocycles. The van der Waals surface area contributed by atoms with Crippen molar-refractivity contribution in [2.24, 2.45) is 11.7 Å². The van der Waals surface area contributed by atoms with Crippen LogP contribution in [0.3, 0.4) is 0 Å². The van der Waals surface area contributed by atoms with Gasteiger partial charge in [0.1, 0.15) is 0 Å². The summed E-state index contributed by atoms with van der Waals surface area (Å²) >= 11 is 0. The van der Waals surface area contributed by atoms with Crippen molar-refractivity contribution in [3.05, 3.63) is 35.4 Å². The number of amides is 2. The number of hydrogen-bond donors (Lipinski definition) is 1. The van der Waals surface area contributed by atoms with E-state index in [1.807, 2.05) is 47.9 Å². The third kappa shape index (κ3) is 4.10. The number of aryl methyl sites for hydroxylation is 1. The lowest BCUT2D eigenvalue weighted by molar-refractivity contribution is -0.137. The largest absolute Gasteiger partial charge is 0.339 e. The summed E-state index contributed by atoms with van der Waals surface area (Å²) in [5.41, 5.74) is 7.74. The summed E-state index contributed by atoms with van der Waals surface area (Å²) in [4.78, 5) is 28.5. The van der Waals surface area contributed by atoms with Crippen LogP contribution in [0.2, 0.25) is 0 Å². The zero-order valence-electron chi connectivity index (χ0n) is 14.3. The second kappa shape index (κ2) is 7.59. The van der Waals surface area contributed by atoms with Crippen LogP contribution in [0.25, 0.3) is 0 Å². The molecule has 1 fully saturated rings. The quantitative estimate of drug-likeness (QED) is 0.915. The van der Waals surface area contributed by atoms with E-state index < -0.39 is 0 Å². The summed E-state index contributed by atoms with van der Waals surface area (Å²) < 4.78 is 0. The zero-order chi connectivity index (χ0) is 17.0. The molecule has 1 aliphatic heterocycles. The molecular formula is C18H27N3O2. The van der Waals surface area contributed by atoms with Gasteiger partial charge in [-0.05, 0) is 31.0 Å². The van der Waals surface area contributed by atoms with Crippen molar-refractivity contribution >= 4 is 11.8 Å². The summed E-state index contributed by atoms with van der Waals surface area (Å²) in [5, 5.41) is 0. The number of hydrogen-bond acceptors (Lipinski definition) is 3. The van der Waals surface area contributed by atoms with Crippen molar-refractivity contribution in [2.75, 3.05) is 26.2 Å². The Hall–Kier alpha value is -1.88. The number of carbonyl (C=O) groups excluding carboxylic acids is 2. The van der Waals surface area contributed by atoms with Crippen LogP contribution < -0.4 is 5.73 Å². The molecule has 23 heavy (non-hydrogen) atoms. The van der Waals surface area contributed by atoms with Gasteiger partial charge in [0.05, 0.1) is 5.92 Å². The molecule has 5 heteroatoms. The van der Waals surface area contributed by atoms with Gasteiger partial charge in [0, 0.05) is 37.8 Å². The normalized spacial score (nSPS) is 17.7. The number of nitrogens with zero attached hydrogens (tertiary/aromatic N) is 2. The molecule has 1 aliphatic rings. The maximum atomic E-state index is 12.5. The van der Waals surface area contributed by atoms with E-state index in [4.69, 9.17) is 5.73 Å². The number of carbonyl (C=O) groups is 2. The molecule has 1 heterocycles. The SMILES string of the molecule is CCc1ccc(C(=O)N2CCN(C(=O)C(C)C(C)N)CC2)cc1. The number of piperazine rings is 1. The van der Waals surface area contributed by atoms with Gasteiger partial charge in [-0.2, -0.15) is 0 Å². The van der Waals surface area contributed by atoms with Gasteiger partial charge in [-0.25, -0.2) is 0 Å². The molecule has 0 bridgehead atoms. The predicted octanol–water partition coefficient (Wildman–Crippen LogP) is 1.52. The Labute approximate surface area is 138 Å². The average Bonchev–Trinajstić information content (AvgIpc) is 2.60. The van der Waals surface area contributed by atoms with Gasteiger partial charge in [0.2, 0.25) is 5.91 Å². The van der Waals surface area contributed by atoms with Crippen molar-refractivity contribution in [1.82, 2.24) is 9.80 Å². The number of rotatable bonds is 4. The lowest BCUT2D eigenvalue weighted by Gasteiger charge is -2.36. The highest BCUT2D eigenvalue weighted by Crippen LogP contribution is 2.13. The molecule has 0 aromatic heterocycles. The molecule has 0 saturated carbocycles. The van der Waals surface area contributed by atoms with Crippen LogP contribution in [-0.2, 0) is 11.2 Å². The second-order valence-corrected chi connectivity index (χ2v) is 6.32. The van der Waals surface area contributed by atoms with Crippen molar-refractivity contribution in [3.63, 3.8) is 0 Å². The van der Waals surface area contributed by atoms with Crippen molar-refractivity contribution in [1.29, 1.82) is 0 Å². The maximum absolute atomic E-state index is 12.5. The maximum Gasteiger partial charge on any atom is 0.253 e. The van der Waals surface area contributed by atoms with E-state index in [1.54, 1.807) is 0 Å². The Balaban J connectivity index is 1.93. The first-order valence-electron chi connectivity index (χ1n) is 8.36. The molecule has 0 radical (unpaired) electrons. The fourth-order valence-corrected chi connectivity index (χ4v) is 2.71. The molecule has 2 unspecified atom stereocenters. The van der Waals surface area contributed by atoms with Crippen LogP contribution in [0.15, 0.2) is 24.3 Å². The minimum absolute atomic E-state index is 0.0417. The van der Waals surface area contributed by atoms with Crippen LogP contribution in [-0.4, -0.2) is 53.8 Å². The first kappa shape index (κ1) is 17.5. The summed E-state index contributed by atoms with van der Waals surface area (Å²) in [6, 6.07) is 7.61. The fraction of sp³-hybridized carbons (Fsp3) is 0.556. The minimum Gasteiger partial charge on any atom is -0.339 e. The van der Waals surface area contributed by atoms with Crippen LogP contribution in [0.4, 0.5) is 0 Å². The Morgan fingerprint density at radius 2 is 1.57 bits per heavy atom. The molecule has 0 spiro atoms. The van der Waals surface area contributed by atoms with Gasteiger partial charge < -0.3 is 15.5 Å².